The van der Waals surface area contributed by atoms with E-state index in [1.807, 2.05) is 13.8 Å². The maximum Gasteiger partial charge on any atom is 0.256 e. The summed E-state index contributed by atoms with van der Waals surface area (Å²) in [6.45, 7) is 5.35. The van der Waals surface area contributed by atoms with Crippen molar-refractivity contribution in [3.05, 3.63) is 11.6 Å². The molecule has 0 aromatic rings. The minimum atomic E-state index is -0.222. The first-order valence-electron chi connectivity index (χ1n) is 4.75. The lowest BCUT2D eigenvalue weighted by molar-refractivity contribution is -0.139. The summed E-state index contributed by atoms with van der Waals surface area (Å²) in [4.78, 5) is 24.2. The molecule has 0 spiro atoms. The predicted octanol–water partition coefficient (Wildman–Crippen LogP) is 0.427. The zero-order valence-electron chi connectivity index (χ0n) is 8.78. The Labute approximate surface area is 83.8 Å². The molecule has 2 amide bonds. The van der Waals surface area contributed by atoms with Gasteiger partial charge in [-0.15, -0.1) is 0 Å². The average Bonchev–Trinajstić information content (AvgIpc) is 2.25. The largest absolute Gasteiger partial charge is 0.328 e. The molecule has 4 nitrogen and oxygen atoms in total. The van der Waals surface area contributed by atoms with Gasteiger partial charge < -0.3 is 5.73 Å². The summed E-state index contributed by atoms with van der Waals surface area (Å²) in [5.41, 5.74) is 6.13. The van der Waals surface area contributed by atoms with E-state index in [-0.39, 0.29) is 23.9 Å². The van der Waals surface area contributed by atoms with Gasteiger partial charge in [-0.25, -0.2) is 0 Å². The molecule has 2 atom stereocenters. The summed E-state index contributed by atoms with van der Waals surface area (Å²) in [6.07, 6.45) is 2.01. The molecule has 0 bridgehead atoms. The zero-order chi connectivity index (χ0) is 10.9. The van der Waals surface area contributed by atoms with Crippen LogP contribution in [0.15, 0.2) is 11.6 Å². The van der Waals surface area contributed by atoms with Crippen LogP contribution in [-0.4, -0.2) is 28.8 Å². The van der Waals surface area contributed by atoms with E-state index in [0.29, 0.717) is 12.0 Å². The first-order chi connectivity index (χ1) is 6.43. The van der Waals surface area contributed by atoms with Gasteiger partial charge in [-0.05, 0) is 27.2 Å². The molecule has 1 aliphatic heterocycles. The van der Waals surface area contributed by atoms with Crippen LogP contribution in [0, 0.1) is 0 Å². The molecule has 0 aliphatic carbocycles. The second kappa shape index (κ2) is 3.92. The van der Waals surface area contributed by atoms with Gasteiger partial charge in [0.15, 0.2) is 0 Å². The quantitative estimate of drug-likeness (QED) is 0.666. The first-order valence-corrected chi connectivity index (χ1v) is 4.75. The summed E-state index contributed by atoms with van der Waals surface area (Å²) in [7, 11) is 0. The normalized spacial score (nSPS) is 21.1. The van der Waals surface area contributed by atoms with Crippen molar-refractivity contribution in [2.75, 3.05) is 0 Å². The molecule has 14 heavy (non-hydrogen) atoms. The number of nitrogens with two attached hydrogens (primary N) is 1. The van der Waals surface area contributed by atoms with Gasteiger partial charge in [-0.1, -0.05) is 0 Å². The summed E-state index contributed by atoms with van der Waals surface area (Å²) in [5.74, 6) is -0.413. The van der Waals surface area contributed by atoms with E-state index < -0.39 is 0 Å². The van der Waals surface area contributed by atoms with Crippen LogP contribution >= 0.6 is 0 Å². The lowest BCUT2D eigenvalue weighted by Gasteiger charge is -2.24. The molecular formula is C10H16N2O2. The number of carbonyl (C=O) groups excluding carboxylic acids is 2. The number of hydrogen-bond acceptors (Lipinski definition) is 3. The number of hydrogen-bond donors (Lipinski definition) is 1. The smallest absolute Gasteiger partial charge is 0.256 e. The highest BCUT2D eigenvalue weighted by Gasteiger charge is 2.32. The topological polar surface area (TPSA) is 63.4 Å². The molecule has 2 unspecified atom stereocenters. The molecule has 0 aromatic heterocycles. The van der Waals surface area contributed by atoms with E-state index in [9.17, 15) is 9.59 Å². The van der Waals surface area contributed by atoms with Gasteiger partial charge in [0.05, 0.1) is 0 Å². The average molecular weight is 196 g/mol. The van der Waals surface area contributed by atoms with Crippen LogP contribution in [0.1, 0.15) is 27.2 Å². The number of rotatable bonds is 3. The molecule has 1 heterocycles. The molecule has 1 aliphatic rings. The maximum atomic E-state index is 11.5. The maximum absolute atomic E-state index is 11.5. The van der Waals surface area contributed by atoms with Crippen LogP contribution in [-0.2, 0) is 9.59 Å². The molecule has 0 saturated heterocycles. The zero-order valence-corrected chi connectivity index (χ0v) is 8.78. The van der Waals surface area contributed by atoms with Crippen molar-refractivity contribution in [2.45, 2.75) is 39.3 Å². The predicted molar refractivity (Wildman–Crippen MR) is 53.3 cm³/mol. The molecule has 1 rings (SSSR count). The van der Waals surface area contributed by atoms with Crippen molar-refractivity contribution in [3.63, 3.8) is 0 Å². The Morgan fingerprint density at radius 1 is 1.43 bits per heavy atom. The molecule has 0 aromatic carbocycles. The summed E-state index contributed by atoms with van der Waals surface area (Å²) < 4.78 is 0. The summed E-state index contributed by atoms with van der Waals surface area (Å²) in [5, 5.41) is 0. The minimum Gasteiger partial charge on any atom is -0.328 e. The standard InChI is InChI=1S/C10H16N2O2/c1-6-4-9(13)12(10(6)14)8(3)5-7(2)11/h4,7-8H,5,11H2,1-3H3. The third-order valence-corrected chi connectivity index (χ3v) is 2.29. The van der Waals surface area contributed by atoms with Crippen LogP contribution in [0.25, 0.3) is 0 Å². The van der Waals surface area contributed by atoms with Gasteiger partial charge in [-0.3, -0.25) is 14.5 Å². The van der Waals surface area contributed by atoms with Gasteiger partial charge >= 0.3 is 0 Å². The highest BCUT2D eigenvalue weighted by molar-refractivity contribution is 6.16. The lowest BCUT2D eigenvalue weighted by atomic mass is 10.1. The van der Waals surface area contributed by atoms with Gasteiger partial charge in [0.2, 0.25) is 0 Å². The Morgan fingerprint density at radius 2 is 2.00 bits per heavy atom. The SMILES string of the molecule is CC1=CC(=O)N(C(C)CC(C)N)C1=O. The van der Waals surface area contributed by atoms with Gasteiger partial charge in [-0.2, -0.15) is 0 Å². The van der Waals surface area contributed by atoms with Crippen molar-refractivity contribution in [1.29, 1.82) is 0 Å². The van der Waals surface area contributed by atoms with Crippen molar-refractivity contribution in [3.8, 4) is 0 Å². The van der Waals surface area contributed by atoms with Crippen molar-refractivity contribution in [2.24, 2.45) is 5.73 Å². The minimum absolute atomic E-state index is 0.00786. The van der Waals surface area contributed by atoms with E-state index in [2.05, 4.69) is 0 Å². The molecule has 0 fully saturated rings. The van der Waals surface area contributed by atoms with Crippen molar-refractivity contribution in [1.82, 2.24) is 4.90 Å². The fourth-order valence-electron chi connectivity index (χ4n) is 1.67. The van der Waals surface area contributed by atoms with Gasteiger partial charge in [0.1, 0.15) is 0 Å². The number of amides is 2. The Bertz CT molecular complexity index is 294. The van der Waals surface area contributed by atoms with E-state index in [0.717, 1.165) is 0 Å². The third kappa shape index (κ3) is 2.01. The highest BCUT2D eigenvalue weighted by Crippen LogP contribution is 2.17. The van der Waals surface area contributed by atoms with Crippen molar-refractivity contribution >= 4 is 11.8 Å². The molecular weight excluding hydrogens is 180 g/mol. The Balaban J connectivity index is 2.71. The van der Waals surface area contributed by atoms with Crippen LogP contribution in [0.5, 0.6) is 0 Å². The van der Waals surface area contributed by atoms with E-state index in [1.165, 1.54) is 11.0 Å². The van der Waals surface area contributed by atoms with Crippen LogP contribution in [0.4, 0.5) is 0 Å². The number of carbonyl (C=O) groups is 2. The molecule has 2 N–H and O–H groups in total. The Kier molecular flexibility index (Phi) is 3.06. The number of nitrogens with zero attached hydrogens (tertiary/aromatic N) is 1. The van der Waals surface area contributed by atoms with Crippen LogP contribution in [0.3, 0.4) is 0 Å². The molecule has 0 radical (unpaired) electrons. The first kappa shape index (κ1) is 10.9. The highest BCUT2D eigenvalue weighted by atomic mass is 16.2. The molecule has 0 saturated carbocycles. The monoisotopic (exact) mass is 196 g/mol. The van der Waals surface area contributed by atoms with Crippen LogP contribution < -0.4 is 5.73 Å². The number of imide groups is 1. The summed E-state index contributed by atoms with van der Waals surface area (Å²) >= 11 is 0. The fourth-order valence-corrected chi connectivity index (χ4v) is 1.67. The fraction of sp³-hybridized carbons (Fsp3) is 0.600. The summed E-state index contributed by atoms with van der Waals surface area (Å²) in [6, 6.07) is -0.129. The van der Waals surface area contributed by atoms with Gasteiger partial charge in [0.25, 0.3) is 11.8 Å². The molecule has 4 heteroatoms. The van der Waals surface area contributed by atoms with Gasteiger partial charge in [0, 0.05) is 23.7 Å². The van der Waals surface area contributed by atoms with E-state index >= 15 is 0 Å². The Morgan fingerprint density at radius 3 is 2.36 bits per heavy atom. The molecule has 78 valence electrons. The van der Waals surface area contributed by atoms with E-state index in [4.69, 9.17) is 5.73 Å². The van der Waals surface area contributed by atoms with Crippen LogP contribution in [0.2, 0.25) is 0 Å². The second-order valence-corrected chi connectivity index (χ2v) is 3.90. The Hall–Kier alpha value is -1.16. The third-order valence-electron chi connectivity index (χ3n) is 2.29. The van der Waals surface area contributed by atoms with E-state index in [1.54, 1.807) is 6.92 Å². The second-order valence-electron chi connectivity index (χ2n) is 3.90. The lowest BCUT2D eigenvalue weighted by Crippen LogP contribution is -2.41. The van der Waals surface area contributed by atoms with Crippen molar-refractivity contribution < 1.29 is 9.59 Å².